The molecule has 3 heterocycles. The van der Waals surface area contributed by atoms with Gasteiger partial charge in [-0.1, -0.05) is 12.1 Å². The average Bonchev–Trinajstić information content (AvgIpc) is 2.74. The van der Waals surface area contributed by atoms with Gasteiger partial charge in [-0.25, -0.2) is 14.8 Å². The van der Waals surface area contributed by atoms with Crippen molar-refractivity contribution in [1.82, 2.24) is 24.7 Å². The van der Waals surface area contributed by atoms with Crippen LogP contribution in [0.3, 0.4) is 0 Å². The molecule has 4 rings (SSSR count). The number of carbonyl (C=O) groups excluding carboxylic acids is 1. The number of rotatable bonds is 4. The summed E-state index contributed by atoms with van der Waals surface area (Å²) < 4.78 is 5.52. The molecule has 0 spiro atoms. The van der Waals surface area contributed by atoms with E-state index in [-0.39, 0.29) is 6.09 Å². The quantitative estimate of drug-likeness (QED) is 0.785. The lowest BCUT2D eigenvalue weighted by Gasteiger charge is -2.32. The lowest BCUT2D eigenvalue weighted by Crippen LogP contribution is -2.43. The standard InChI is InChI=1S/C24H34N6O2/c1-24(2,3)32-23(31)30-9-8-19-15-25-22(27-21(19)17-30)26-20-7-5-6-18(14-20)16-29-12-10-28(4)11-13-29/h5-7,14-15H,8-13,16-17H2,1-4H3,(H,25,26,27). The van der Waals surface area contributed by atoms with Crippen molar-refractivity contribution in [3.8, 4) is 0 Å². The van der Waals surface area contributed by atoms with Gasteiger partial charge >= 0.3 is 6.09 Å². The SMILES string of the molecule is CN1CCN(Cc2cccc(Nc3ncc4c(n3)CN(C(=O)OC(C)(C)C)CC4)c2)CC1. The Labute approximate surface area is 190 Å². The molecule has 2 aliphatic rings. The molecule has 1 amide bonds. The van der Waals surface area contributed by atoms with Crippen molar-refractivity contribution in [3.63, 3.8) is 0 Å². The van der Waals surface area contributed by atoms with Crippen molar-refractivity contribution in [3.05, 3.63) is 47.3 Å². The van der Waals surface area contributed by atoms with Gasteiger partial charge in [-0.05, 0) is 57.5 Å². The van der Waals surface area contributed by atoms with E-state index in [1.807, 2.05) is 33.0 Å². The molecule has 172 valence electrons. The molecule has 8 heteroatoms. The second-order valence-corrected chi connectivity index (χ2v) is 9.72. The highest BCUT2D eigenvalue weighted by molar-refractivity contribution is 5.68. The van der Waals surface area contributed by atoms with Gasteiger partial charge in [0, 0.05) is 51.2 Å². The number of fused-ring (bicyclic) bond motifs is 1. The zero-order valence-electron chi connectivity index (χ0n) is 19.6. The largest absolute Gasteiger partial charge is 0.444 e. The third-order valence-corrected chi connectivity index (χ3v) is 5.78. The molecular formula is C24H34N6O2. The summed E-state index contributed by atoms with van der Waals surface area (Å²) in [5.41, 5.74) is 3.68. The van der Waals surface area contributed by atoms with Crippen LogP contribution in [0.1, 0.15) is 37.6 Å². The zero-order chi connectivity index (χ0) is 22.7. The number of hydrogen-bond donors (Lipinski definition) is 1. The summed E-state index contributed by atoms with van der Waals surface area (Å²) in [7, 11) is 2.17. The van der Waals surface area contributed by atoms with Crippen molar-refractivity contribution < 1.29 is 9.53 Å². The molecule has 0 aliphatic carbocycles. The Bertz CT molecular complexity index is 950. The first-order valence-corrected chi connectivity index (χ1v) is 11.3. The summed E-state index contributed by atoms with van der Waals surface area (Å²) in [6, 6.07) is 8.42. The lowest BCUT2D eigenvalue weighted by atomic mass is 10.1. The van der Waals surface area contributed by atoms with E-state index in [1.165, 1.54) is 5.56 Å². The highest BCUT2D eigenvalue weighted by Crippen LogP contribution is 2.22. The monoisotopic (exact) mass is 438 g/mol. The number of aromatic nitrogens is 2. The number of nitrogens with one attached hydrogen (secondary N) is 1. The number of carbonyl (C=O) groups is 1. The van der Waals surface area contributed by atoms with Gasteiger partial charge < -0.3 is 19.9 Å². The van der Waals surface area contributed by atoms with E-state index >= 15 is 0 Å². The van der Waals surface area contributed by atoms with Crippen LogP contribution in [0, 0.1) is 0 Å². The van der Waals surface area contributed by atoms with Crippen molar-refractivity contribution >= 4 is 17.7 Å². The Morgan fingerprint density at radius 1 is 1.16 bits per heavy atom. The highest BCUT2D eigenvalue weighted by atomic mass is 16.6. The van der Waals surface area contributed by atoms with E-state index in [9.17, 15) is 4.79 Å². The van der Waals surface area contributed by atoms with Gasteiger partial charge in [-0.2, -0.15) is 0 Å². The third-order valence-electron chi connectivity index (χ3n) is 5.78. The van der Waals surface area contributed by atoms with E-state index in [2.05, 4.69) is 45.3 Å². The van der Waals surface area contributed by atoms with E-state index in [4.69, 9.17) is 9.72 Å². The minimum atomic E-state index is -0.509. The summed E-state index contributed by atoms with van der Waals surface area (Å²) in [6.45, 7) is 12.0. The Hall–Kier alpha value is -2.71. The van der Waals surface area contributed by atoms with Gasteiger partial charge in [0.15, 0.2) is 0 Å². The second kappa shape index (κ2) is 9.42. The van der Waals surface area contributed by atoms with E-state index in [0.29, 0.717) is 19.0 Å². The lowest BCUT2D eigenvalue weighted by molar-refractivity contribution is 0.0220. The van der Waals surface area contributed by atoms with Crippen molar-refractivity contribution in [2.45, 2.75) is 45.9 Å². The van der Waals surface area contributed by atoms with E-state index in [1.54, 1.807) is 4.90 Å². The maximum absolute atomic E-state index is 12.5. The molecule has 0 radical (unpaired) electrons. The van der Waals surface area contributed by atoms with Gasteiger partial charge in [-0.15, -0.1) is 0 Å². The van der Waals surface area contributed by atoms with Gasteiger partial charge in [0.1, 0.15) is 5.60 Å². The second-order valence-electron chi connectivity index (χ2n) is 9.72. The predicted octanol–water partition coefficient (Wildman–Crippen LogP) is 3.26. The number of anilines is 2. The zero-order valence-corrected chi connectivity index (χ0v) is 19.6. The molecule has 1 aromatic heterocycles. The average molecular weight is 439 g/mol. The third kappa shape index (κ3) is 5.95. The number of amides is 1. The van der Waals surface area contributed by atoms with Gasteiger partial charge in [-0.3, -0.25) is 4.90 Å². The predicted molar refractivity (Wildman–Crippen MR) is 125 cm³/mol. The molecular weight excluding hydrogens is 404 g/mol. The molecule has 2 aromatic rings. The molecule has 8 nitrogen and oxygen atoms in total. The first kappa shape index (κ1) is 22.5. The fourth-order valence-corrected chi connectivity index (χ4v) is 3.99. The van der Waals surface area contributed by atoms with Crippen LogP contribution in [0.4, 0.5) is 16.4 Å². The number of nitrogens with zero attached hydrogens (tertiary/aromatic N) is 5. The molecule has 2 aliphatic heterocycles. The van der Waals surface area contributed by atoms with Gasteiger partial charge in [0.25, 0.3) is 0 Å². The maximum atomic E-state index is 12.5. The van der Waals surface area contributed by atoms with Crippen LogP contribution in [0.25, 0.3) is 0 Å². The fourth-order valence-electron chi connectivity index (χ4n) is 3.99. The summed E-state index contributed by atoms with van der Waals surface area (Å²) in [5, 5.41) is 3.34. The van der Waals surface area contributed by atoms with Crippen LogP contribution in [0.15, 0.2) is 30.5 Å². The summed E-state index contributed by atoms with van der Waals surface area (Å²) in [6.07, 6.45) is 2.30. The van der Waals surface area contributed by atoms with Crippen LogP contribution < -0.4 is 5.32 Å². The molecule has 1 fully saturated rings. The Morgan fingerprint density at radius 3 is 2.69 bits per heavy atom. The summed E-state index contributed by atoms with van der Waals surface area (Å²) >= 11 is 0. The van der Waals surface area contributed by atoms with Crippen LogP contribution in [-0.4, -0.2) is 76.1 Å². The molecule has 0 bridgehead atoms. The van der Waals surface area contributed by atoms with Crippen LogP contribution in [-0.2, 0) is 24.2 Å². The summed E-state index contributed by atoms with van der Waals surface area (Å²) in [5.74, 6) is 0.548. The Balaban J connectivity index is 1.40. The van der Waals surface area contributed by atoms with Crippen molar-refractivity contribution in [2.75, 3.05) is 45.1 Å². The normalized spacial score (nSPS) is 17.7. The summed E-state index contributed by atoms with van der Waals surface area (Å²) in [4.78, 5) is 28.2. The fraction of sp³-hybridized carbons (Fsp3) is 0.542. The number of likely N-dealkylation sites (N-methyl/N-ethyl adjacent to an activating group) is 1. The molecule has 1 aromatic carbocycles. The molecule has 0 unspecified atom stereocenters. The van der Waals surface area contributed by atoms with E-state index < -0.39 is 5.60 Å². The van der Waals surface area contributed by atoms with Crippen LogP contribution in [0.5, 0.6) is 0 Å². The van der Waals surface area contributed by atoms with Crippen molar-refractivity contribution in [2.24, 2.45) is 0 Å². The smallest absolute Gasteiger partial charge is 0.410 e. The number of ether oxygens (including phenoxy) is 1. The molecule has 32 heavy (non-hydrogen) atoms. The molecule has 1 saturated heterocycles. The van der Waals surface area contributed by atoms with Gasteiger partial charge in [0.2, 0.25) is 5.95 Å². The van der Waals surface area contributed by atoms with Crippen molar-refractivity contribution in [1.29, 1.82) is 0 Å². The van der Waals surface area contributed by atoms with E-state index in [0.717, 1.165) is 56.1 Å². The minimum absolute atomic E-state index is 0.298. The Morgan fingerprint density at radius 2 is 1.94 bits per heavy atom. The molecule has 0 saturated carbocycles. The highest BCUT2D eigenvalue weighted by Gasteiger charge is 2.26. The topological polar surface area (TPSA) is 73.8 Å². The first-order valence-electron chi connectivity index (χ1n) is 11.3. The maximum Gasteiger partial charge on any atom is 0.410 e. The number of piperazine rings is 1. The van der Waals surface area contributed by atoms with Crippen LogP contribution in [0.2, 0.25) is 0 Å². The number of hydrogen-bond acceptors (Lipinski definition) is 7. The molecule has 1 N–H and O–H groups in total. The first-order chi connectivity index (χ1) is 15.2. The van der Waals surface area contributed by atoms with Crippen LogP contribution >= 0.6 is 0 Å². The van der Waals surface area contributed by atoms with Gasteiger partial charge in [0.05, 0.1) is 12.2 Å². The Kier molecular flexibility index (Phi) is 6.62. The minimum Gasteiger partial charge on any atom is -0.444 e. The molecule has 0 atom stereocenters. The number of benzene rings is 1.